The molecule has 0 aromatic heterocycles. The van der Waals surface area contributed by atoms with Crippen LogP contribution in [0, 0.1) is 0 Å². The summed E-state index contributed by atoms with van der Waals surface area (Å²) >= 11 is 0. The number of nitrogens with zero attached hydrogens (tertiary/aromatic N) is 1. The molecule has 1 aromatic rings. The van der Waals surface area contributed by atoms with Crippen molar-refractivity contribution in [3.8, 4) is 11.5 Å². The number of aliphatic hydroxyl groups excluding tert-OH is 1. The maximum atomic E-state index is 12.3. The number of carbonyl (C=O) groups is 1. The van der Waals surface area contributed by atoms with Crippen LogP contribution in [-0.2, 0) is 11.2 Å². The maximum Gasteiger partial charge on any atom is 0.223 e. The Labute approximate surface area is 136 Å². The number of rotatable bonds is 6. The highest BCUT2D eigenvalue weighted by Crippen LogP contribution is 2.28. The molecule has 1 aliphatic heterocycles. The van der Waals surface area contributed by atoms with Crippen LogP contribution >= 0.6 is 0 Å². The minimum Gasteiger partial charge on any atom is -0.493 e. The molecule has 6 heteroatoms. The lowest BCUT2D eigenvalue weighted by Gasteiger charge is -2.38. The quantitative estimate of drug-likeness (QED) is 0.816. The van der Waals surface area contributed by atoms with Gasteiger partial charge in [-0.15, -0.1) is 0 Å². The van der Waals surface area contributed by atoms with Gasteiger partial charge in [-0.3, -0.25) is 4.79 Å². The third kappa shape index (κ3) is 4.36. The van der Waals surface area contributed by atoms with E-state index in [1.54, 1.807) is 19.1 Å². The van der Waals surface area contributed by atoms with Crippen molar-refractivity contribution in [2.45, 2.75) is 31.3 Å². The third-order valence-corrected chi connectivity index (χ3v) is 4.28. The van der Waals surface area contributed by atoms with E-state index in [0.29, 0.717) is 43.7 Å². The normalized spacial score (nSPS) is 21.1. The standard InChI is InChI=1S/C17H25NO5/c1-22-14-6-4-13(10-15(14)23-2)5-7-16(20)18-9-3-8-17(21,11-18)12-19/h4,6,10,19,21H,3,5,7-9,11-12H2,1-2H3/t17-/m0/s1. The summed E-state index contributed by atoms with van der Waals surface area (Å²) < 4.78 is 10.5. The van der Waals surface area contributed by atoms with Gasteiger partial charge in [0.15, 0.2) is 11.5 Å². The summed E-state index contributed by atoms with van der Waals surface area (Å²) in [5, 5.41) is 19.4. The van der Waals surface area contributed by atoms with E-state index in [4.69, 9.17) is 9.47 Å². The van der Waals surface area contributed by atoms with Crippen molar-refractivity contribution >= 4 is 5.91 Å². The Morgan fingerprint density at radius 2 is 2.04 bits per heavy atom. The molecule has 23 heavy (non-hydrogen) atoms. The summed E-state index contributed by atoms with van der Waals surface area (Å²) in [7, 11) is 3.16. The Morgan fingerprint density at radius 1 is 1.30 bits per heavy atom. The molecule has 6 nitrogen and oxygen atoms in total. The van der Waals surface area contributed by atoms with Gasteiger partial charge in [-0.1, -0.05) is 6.07 Å². The number of amides is 1. The van der Waals surface area contributed by atoms with Gasteiger partial charge in [0.1, 0.15) is 5.60 Å². The average Bonchev–Trinajstić information content (AvgIpc) is 2.59. The van der Waals surface area contributed by atoms with E-state index < -0.39 is 5.60 Å². The lowest BCUT2D eigenvalue weighted by atomic mass is 9.93. The number of aliphatic hydroxyl groups is 2. The zero-order chi connectivity index (χ0) is 16.9. The van der Waals surface area contributed by atoms with Gasteiger partial charge >= 0.3 is 0 Å². The molecular weight excluding hydrogens is 298 g/mol. The highest BCUT2D eigenvalue weighted by atomic mass is 16.5. The monoisotopic (exact) mass is 323 g/mol. The van der Waals surface area contributed by atoms with Crippen molar-refractivity contribution in [1.29, 1.82) is 0 Å². The van der Waals surface area contributed by atoms with Crippen LogP contribution in [0.25, 0.3) is 0 Å². The van der Waals surface area contributed by atoms with Crippen LogP contribution in [0.1, 0.15) is 24.8 Å². The molecule has 128 valence electrons. The molecule has 0 radical (unpaired) electrons. The summed E-state index contributed by atoms with van der Waals surface area (Å²) in [6, 6.07) is 5.60. The second-order valence-corrected chi connectivity index (χ2v) is 5.99. The van der Waals surface area contributed by atoms with Crippen LogP contribution in [0.2, 0.25) is 0 Å². The number of carbonyl (C=O) groups excluding carboxylic acids is 1. The van der Waals surface area contributed by atoms with Gasteiger partial charge in [0.05, 0.1) is 27.4 Å². The van der Waals surface area contributed by atoms with Crippen molar-refractivity contribution in [3.05, 3.63) is 23.8 Å². The Balaban J connectivity index is 1.94. The molecule has 0 unspecified atom stereocenters. The Morgan fingerprint density at radius 3 is 2.70 bits per heavy atom. The van der Waals surface area contributed by atoms with Gasteiger partial charge in [0.25, 0.3) is 0 Å². The van der Waals surface area contributed by atoms with Gasteiger partial charge in [0, 0.05) is 13.0 Å². The minimum absolute atomic E-state index is 0.00800. The van der Waals surface area contributed by atoms with Crippen molar-refractivity contribution in [2.75, 3.05) is 33.9 Å². The number of β-amino-alcohol motifs (C(OH)–C–C–N with tert-alkyl or cyclic N) is 1. The van der Waals surface area contributed by atoms with Crippen molar-refractivity contribution in [3.63, 3.8) is 0 Å². The van der Waals surface area contributed by atoms with Gasteiger partial charge < -0.3 is 24.6 Å². The average molecular weight is 323 g/mol. The molecule has 1 saturated heterocycles. The van der Waals surface area contributed by atoms with Crippen LogP contribution in [0.5, 0.6) is 11.5 Å². The van der Waals surface area contributed by atoms with Gasteiger partial charge in [-0.2, -0.15) is 0 Å². The molecular formula is C17H25NO5. The van der Waals surface area contributed by atoms with Gasteiger partial charge in [0.2, 0.25) is 5.91 Å². The summed E-state index contributed by atoms with van der Waals surface area (Å²) in [6.45, 7) is 0.522. The lowest BCUT2D eigenvalue weighted by Crippen LogP contribution is -2.52. The molecule has 1 aliphatic rings. The zero-order valence-electron chi connectivity index (χ0n) is 13.7. The van der Waals surface area contributed by atoms with Gasteiger partial charge in [-0.25, -0.2) is 0 Å². The van der Waals surface area contributed by atoms with Gasteiger partial charge in [-0.05, 0) is 37.0 Å². The smallest absolute Gasteiger partial charge is 0.223 e. The number of methoxy groups -OCH3 is 2. The van der Waals surface area contributed by atoms with E-state index in [1.165, 1.54) is 0 Å². The Kier molecular flexibility index (Phi) is 5.85. The zero-order valence-corrected chi connectivity index (χ0v) is 13.7. The summed E-state index contributed by atoms with van der Waals surface area (Å²) in [4.78, 5) is 14.0. The molecule has 0 saturated carbocycles. The highest BCUT2D eigenvalue weighted by Gasteiger charge is 2.34. The molecule has 1 amide bonds. The minimum atomic E-state index is -1.16. The van der Waals surface area contributed by atoms with E-state index in [2.05, 4.69) is 0 Å². The number of benzene rings is 1. The summed E-state index contributed by atoms with van der Waals surface area (Å²) in [6.07, 6.45) is 2.19. The first-order chi connectivity index (χ1) is 11.0. The van der Waals surface area contributed by atoms with Crippen LogP contribution in [0.4, 0.5) is 0 Å². The number of likely N-dealkylation sites (tertiary alicyclic amines) is 1. The molecule has 2 N–H and O–H groups in total. The van der Waals surface area contributed by atoms with Crippen LogP contribution < -0.4 is 9.47 Å². The maximum absolute atomic E-state index is 12.3. The van der Waals surface area contributed by atoms with E-state index in [1.807, 2.05) is 18.2 Å². The molecule has 0 spiro atoms. The number of hydrogen-bond donors (Lipinski definition) is 2. The van der Waals surface area contributed by atoms with Crippen LogP contribution in [0.15, 0.2) is 18.2 Å². The topological polar surface area (TPSA) is 79.2 Å². The fourth-order valence-electron chi connectivity index (χ4n) is 2.90. The van der Waals surface area contributed by atoms with Crippen molar-refractivity contribution < 1.29 is 24.5 Å². The molecule has 1 fully saturated rings. The largest absolute Gasteiger partial charge is 0.493 e. The fraction of sp³-hybridized carbons (Fsp3) is 0.588. The molecule has 2 rings (SSSR count). The third-order valence-electron chi connectivity index (χ3n) is 4.28. The number of ether oxygens (including phenoxy) is 2. The number of aryl methyl sites for hydroxylation is 1. The molecule has 0 aliphatic carbocycles. The van der Waals surface area contributed by atoms with Crippen LogP contribution in [-0.4, -0.2) is 60.5 Å². The second kappa shape index (κ2) is 7.66. The lowest BCUT2D eigenvalue weighted by molar-refractivity contribution is -0.140. The first-order valence-corrected chi connectivity index (χ1v) is 7.83. The summed E-state index contributed by atoms with van der Waals surface area (Å²) in [5.41, 5.74) is -0.164. The van der Waals surface area contributed by atoms with E-state index in [9.17, 15) is 15.0 Å². The fourth-order valence-corrected chi connectivity index (χ4v) is 2.90. The second-order valence-electron chi connectivity index (χ2n) is 5.99. The molecule has 1 atom stereocenters. The van der Waals surface area contributed by atoms with Crippen LogP contribution in [0.3, 0.4) is 0 Å². The molecule has 1 aromatic carbocycles. The predicted molar refractivity (Wildman–Crippen MR) is 85.7 cm³/mol. The first kappa shape index (κ1) is 17.6. The SMILES string of the molecule is COc1ccc(CCC(=O)N2CCC[C@@](O)(CO)C2)cc1OC. The number of hydrogen-bond acceptors (Lipinski definition) is 5. The van der Waals surface area contributed by atoms with Crippen molar-refractivity contribution in [2.24, 2.45) is 0 Å². The summed E-state index contributed by atoms with van der Waals surface area (Å²) in [5.74, 6) is 1.29. The first-order valence-electron chi connectivity index (χ1n) is 7.83. The highest BCUT2D eigenvalue weighted by molar-refractivity contribution is 5.76. The Bertz CT molecular complexity index is 548. The predicted octanol–water partition coefficient (Wildman–Crippen LogP) is 0.982. The molecule has 1 heterocycles. The van der Waals surface area contributed by atoms with E-state index >= 15 is 0 Å². The van der Waals surface area contributed by atoms with Crippen molar-refractivity contribution in [1.82, 2.24) is 4.90 Å². The Hall–Kier alpha value is -1.79. The van der Waals surface area contributed by atoms with E-state index in [0.717, 1.165) is 5.56 Å². The van der Waals surface area contributed by atoms with E-state index in [-0.39, 0.29) is 19.1 Å². The molecule has 0 bridgehead atoms. The number of piperidine rings is 1.